The van der Waals surface area contributed by atoms with E-state index in [-0.39, 0.29) is 30.5 Å². The molecule has 0 unspecified atom stereocenters. The van der Waals surface area contributed by atoms with E-state index in [1.165, 1.54) is 4.90 Å². The Balaban J connectivity index is 1.83. The van der Waals surface area contributed by atoms with Crippen LogP contribution in [0.5, 0.6) is 5.75 Å². The summed E-state index contributed by atoms with van der Waals surface area (Å²) in [6, 6.07) is 10.0. The van der Waals surface area contributed by atoms with E-state index in [4.69, 9.17) is 4.74 Å². The topological polar surface area (TPSA) is 49.8 Å². The van der Waals surface area contributed by atoms with Crippen molar-refractivity contribution in [3.05, 3.63) is 65.2 Å². The summed E-state index contributed by atoms with van der Waals surface area (Å²) in [4.78, 5) is 14.2. The van der Waals surface area contributed by atoms with Gasteiger partial charge < -0.3 is 14.7 Å². The maximum Gasteiger partial charge on any atom is 0.227 e. The number of β-amino-alcohol motifs (C(OH)–C–C–N with tert-alkyl or cyclic N) is 1. The van der Waals surface area contributed by atoms with E-state index in [0.717, 1.165) is 23.8 Å². The Hall–Kier alpha value is -2.47. The fourth-order valence-electron chi connectivity index (χ4n) is 3.20. The highest BCUT2D eigenvalue weighted by Crippen LogP contribution is 2.34. The highest BCUT2D eigenvalue weighted by atomic mass is 19.1. The maximum absolute atomic E-state index is 13.8. The first kappa shape index (κ1) is 17.4. The minimum absolute atomic E-state index is 0.00998. The summed E-state index contributed by atoms with van der Waals surface area (Å²) in [5, 5.41) is 10.0. The van der Waals surface area contributed by atoms with E-state index in [2.05, 4.69) is 0 Å². The summed E-state index contributed by atoms with van der Waals surface area (Å²) in [6.45, 7) is 0.164. The number of amides is 1. The fraction of sp³-hybridized carbons (Fsp3) is 0.316. The Kier molecular flexibility index (Phi) is 4.99. The molecule has 3 rings (SSSR count). The maximum atomic E-state index is 13.8. The highest BCUT2D eigenvalue weighted by Gasteiger charge is 2.35. The van der Waals surface area contributed by atoms with Crippen LogP contribution in [0.3, 0.4) is 0 Å². The third-order valence-electron chi connectivity index (χ3n) is 4.43. The SMILES string of the molecule is COc1cccc([C@H]2C[C@@H](O)CN2C(=O)Cc2cc(F)ccc2F)c1. The third kappa shape index (κ3) is 3.79. The normalized spacial score (nSPS) is 19.9. The molecule has 1 heterocycles. The number of aliphatic hydroxyl groups is 1. The zero-order valence-electron chi connectivity index (χ0n) is 13.8. The predicted molar refractivity (Wildman–Crippen MR) is 88.1 cm³/mol. The number of aliphatic hydroxyl groups excluding tert-OH is 1. The molecule has 2 atom stereocenters. The molecule has 0 radical (unpaired) electrons. The molecule has 0 spiro atoms. The molecule has 0 bridgehead atoms. The lowest BCUT2D eigenvalue weighted by molar-refractivity contribution is -0.131. The van der Waals surface area contributed by atoms with Crippen molar-refractivity contribution in [2.45, 2.75) is 25.0 Å². The number of methoxy groups -OCH3 is 1. The van der Waals surface area contributed by atoms with Crippen LogP contribution in [0.4, 0.5) is 8.78 Å². The van der Waals surface area contributed by atoms with Gasteiger partial charge in [-0.3, -0.25) is 4.79 Å². The Bertz CT molecular complexity index is 781. The summed E-state index contributed by atoms with van der Waals surface area (Å²) >= 11 is 0. The van der Waals surface area contributed by atoms with Crippen LogP contribution in [0.1, 0.15) is 23.6 Å². The lowest BCUT2D eigenvalue weighted by Gasteiger charge is -2.25. The van der Waals surface area contributed by atoms with Crippen LogP contribution >= 0.6 is 0 Å². The molecule has 1 N–H and O–H groups in total. The van der Waals surface area contributed by atoms with Crippen molar-refractivity contribution in [1.29, 1.82) is 0 Å². The van der Waals surface area contributed by atoms with Crippen molar-refractivity contribution < 1.29 is 23.4 Å². The first-order valence-electron chi connectivity index (χ1n) is 8.03. The quantitative estimate of drug-likeness (QED) is 0.925. The lowest BCUT2D eigenvalue weighted by Crippen LogP contribution is -2.33. The number of carbonyl (C=O) groups is 1. The largest absolute Gasteiger partial charge is 0.497 e. The molecule has 4 nitrogen and oxygen atoms in total. The summed E-state index contributed by atoms with van der Waals surface area (Å²) in [7, 11) is 1.55. The van der Waals surface area contributed by atoms with Crippen LogP contribution in [0.15, 0.2) is 42.5 Å². The van der Waals surface area contributed by atoms with Gasteiger partial charge >= 0.3 is 0 Å². The number of benzene rings is 2. The molecule has 1 amide bonds. The molecule has 132 valence electrons. The van der Waals surface area contributed by atoms with Crippen LogP contribution in [-0.2, 0) is 11.2 Å². The molecule has 1 fully saturated rings. The van der Waals surface area contributed by atoms with Gasteiger partial charge in [0.05, 0.1) is 25.7 Å². The monoisotopic (exact) mass is 347 g/mol. The van der Waals surface area contributed by atoms with E-state index in [0.29, 0.717) is 12.2 Å². The van der Waals surface area contributed by atoms with Gasteiger partial charge in [0.15, 0.2) is 0 Å². The lowest BCUT2D eigenvalue weighted by atomic mass is 10.0. The number of hydrogen-bond acceptors (Lipinski definition) is 3. The predicted octanol–water partition coefficient (Wildman–Crippen LogP) is 2.85. The van der Waals surface area contributed by atoms with Crippen molar-refractivity contribution in [2.24, 2.45) is 0 Å². The standard InChI is InChI=1S/C19H19F2NO3/c1-25-16-4-2-3-12(8-16)18-10-15(23)11-22(18)19(24)9-13-7-14(20)5-6-17(13)21/h2-8,15,18,23H,9-11H2,1H3/t15-,18-/m1/s1. The van der Waals surface area contributed by atoms with Crippen molar-refractivity contribution in [3.63, 3.8) is 0 Å². The number of likely N-dealkylation sites (tertiary alicyclic amines) is 1. The zero-order valence-corrected chi connectivity index (χ0v) is 13.8. The molecule has 2 aromatic rings. The van der Waals surface area contributed by atoms with Crippen molar-refractivity contribution in [3.8, 4) is 5.75 Å². The Morgan fingerprint density at radius 2 is 2.08 bits per heavy atom. The number of halogens is 2. The van der Waals surface area contributed by atoms with Gasteiger partial charge in [0.1, 0.15) is 17.4 Å². The van der Waals surface area contributed by atoms with E-state index >= 15 is 0 Å². The van der Waals surface area contributed by atoms with E-state index in [1.807, 2.05) is 18.2 Å². The first-order chi connectivity index (χ1) is 12.0. The van der Waals surface area contributed by atoms with E-state index < -0.39 is 17.7 Å². The van der Waals surface area contributed by atoms with Crippen LogP contribution in [0.25, 0.3) is 0 Å². The summed E-state index contributed by atoms with van der Waals surface area (Å²) in [5.41, 5.74) is 0.847. The minimum atomic E-state index is -0.655. The Morgan fingerprint density at radius 3 is 2.84 bits per heavy atom. The average molecular weight is 347 g/mol. The van der Waals surface area contributed by atoms with Crippen LogP contribution < -0.4 is 4.74 Å². The van der Waals surface area contributed by atoms with Crippen molar-refractivity contribution in [2.75, 3.05) is 13.7 Å². The second-order valence-corrected chi connectivity index (χ2v) is 6.14. The highest BCUT2D eigenvalue weighted by molar-refractivity contribution is 5.79. The second kappa shape index (κ2) is 7.19. The minimum Gasteiger partial charge on any atom is -0.497 e. The molecule has 2 aromatic carbocycles. The molecule has 1 saturated heterocycles. The summed E-state index contributed by atoms with van der Waals surface area (Å²) in [6.07, 6.45) is -0.515. The van der Waals surface area contributed by atoms with E-state index in [1.54, 1.807) is 13.2 Å². The molecule has 0 saturated carbocycles. The summed E-state index contributed by atoms with van der Waals surface area (Å²) < 4.78 is 32.3. The summed E-state index contributed by atoms with van der Waals surface area (Å²) in [5.74, 6) is -0.904. The number of carbonyl (C=O) groups excluding carboxylic acids is 1. The van der Waals surface area contributed by atoms with Crippen molar-refractivity contribution >= 4 is 5.91 Å². The number of ether oxygens (including phenoxy) is 1. The van der Waals surface area contributed by atoms with Gasteiger partial charge in [0, 0.05) is 12.1 Å². The third-order valence-corrected chi connectivity index (χ3v) is 4.43. The van der Waals surface area contributed by atoms with Crippen LogP contribution in [-0.4, -0.2) is 35.7 Å². The molecular formula is C19H19F2NO3. The fourth-order valence-corrected chi connectivity index (χ4v) is 3.20. The van der Waals surface area contributed by atoms with Crippen LogP contribution in [0.2, 0.25) is 0 Å². The molecule has 0 aliphatic carbocycles. The van der Waals surface area contributed by atoms with E-state index in [9.17, 15) is 18.7 Å². The first-order valence-corrected chi connectivity index (χ1v) is 8.03. The smallest absolute Gasteiger partial charge is 0.227 e. The molecule has 0 aromatic heterocycles. The zero-order chi connectivity index (χ0) is 18.0. The number of rotatable bonds is 4. The second-order valence-electron chi connectivity index (χ2n) is 6.14. The Morgan fingerprint density at radius 1 is 1.28 bits per heavy atom. The van der Waals surface area contributed by atoms with Gasteiger partial charge in [0.2, 0.25) is 5.91 Å². The van der Waals surface area contributed by atoms with Crippen molar-refractivity contribution in [1.82, 2.24) is 4.90 Å². The molecule has 25 heavy (non-hydrogen) atoms. The van der Waals surface area contributed by atoms with Gasteiger partial charge in [0.25, 0.3) is 0 Å². The van der Waals surface area contributed by atoms with Gasteiger partial charge in [-0.25, -0.2) is 8.78 Å². The number of hydrogen-bond donors (Lipinski definition) is 1. The molecular weight excluding hydrogens is 328 g/mol. The molecule has 1 aliphatic heterocycles. The molecule has 6 heteroatoms. The number of nitrogens with zero attached hydrogens (tertiary/aromatic N) is 1. The van der Waals surface area contributed by atoms with Gasteiger partial charge in [-0.05, 0) is 42.3 Å². The van der Waals surface area contributed by atoms with Gasteiger partial charge in [-0.2, -0.15) is 0 Å². The molecule has 1 aliphatic rings. The van der Waals surface area contributed by atoms with Gasteiger partial charge in [-0.1, -0.05) is 12.1 Å². The average Bonchev–Trinajstić information content (AvgIpc) is 3.00. The van der Waals surface area contributed by atoms with Gasteiger partial charge in [-0.15, -0.1) is 0 Å². The Labute approximate surface area is 144 Å². The van der Waals surface area contributed by atoms with Crippen LogP contribution in [0, 0.1) is 11.6 Å².